The number of amides is 3. The molecule has 1 atom stereocenters. The van der Waals surface area contributed by atoms with Crippen LogP contribution in [0.25, 0.3) is 10.9 Å². The highest BCUT2D eigenvalue weighted by molar-refractivity contribution is 8.00. The van der Waals surface area contributed by atoms with E-state index < -0.39 is 17.2 Å². The lowest BCUT2D eigenvalue weighted by atomic mass is 10.1. The van der Waals surface area contributed by atoms with Crippen LogP contribution in [0.3, 0.4) is 0 Å². The zero-order valence-corrected chi connectivity index (χ0v) is 14.9. The average molecular weight is 360 g/mol. The van der Waals surface area contributed by atoms with E-state index >= 15 is 0 Å². The maximum Gasteiger partial charge on any atom is 0.318 e. The molecular formula is C17H20N4O3S. The van der Waals surface area contributed by atoms with Crippen molar-refractivity contribution in [1.29, 1.82) is 0 Å². The minimum Gasteiger partial charge on any atom is -0.351 e. The van der Waals surface area contributed by atoms with Gasteiger partial charge in [0, 0.05) is 6.04 Å². The predicted octanol–water partition coefficient (Wildman–Crippen LogP) is 2.04. The van der Waals surface area contributed by atoms with Gasteiger partial charge in [-0.3, -0.25) is 19.5 Å². The smallest absolute Gasteiger partial charge is 0.318 e. The van der Waals surface area contributed by atoms with Crippen molar-refractivity contribution >= 4 is 34.6 Å². The third-order valence-electron chi connectivity index (χ3n) is 4.03. The van der Waals surface area contributed by atoms with Gasteiger partial charge in [0.05, 0.1) is 16.2 Å². The molecule has 3 rings (SSSR count). The summed E-state index contributed by atoms with van der Waals surface area (Å²) in [5, 5.41) is 2.62. The number of primary amides is 1. The number of benzene rings is 1. The summed E-state index contributed by atoms with van der Waals surface area (Å²) in [6, 6.07) is 6.42. The Hall–Kier alpha value is -2.35. The summed E-state index contributed by atoms with van der Waals surface area (Å²) >= 11 is 1.20. The van der Waals surface area contributed by atoms with E-state index in [1.54, 1.807) is 16.7 Å². The van der Waals surface area contributed by atoms with Crippen molar-refractivity contribution in [1.82, 2.24) is 14.9 Å². The van der Waals surface area contributed by atoms with Gasteiger partial charge < -0.3 is 5.73 Å². The molecule has 2 aromatic rings. The van der Waals surface area contributed by atoms with Gasteiger partial charge in [0.25, 0.3) is 5.56 Å². The van der Waals surface area contributed by atoms with Crippen molar-refractivity contribution < 1.29 is 9.59 Å². The number of para-hydroxylation sites is 1. The predicted molar refractivity (Wildman–Crippen MR) is 96.5 cm³/mol. The van der Waals surface area contributed by atoms with Crippen molar-refractivity contribution in [2.45, 2.75) is 43.1 Å². The van der Waals surface area contributed by atoms with E-state index in [0.717, 1.165) is 12.8 Å². The molecule has 25 heavy (non-hydrogen) atoms. The molecule has 1 saturated carbocycles. The van der Waals surface area contributed by atoms with Gasteiger partial charge in [0.2, 0.25) is 5.91 Å². The molecule has 132 valence electrons. The molecule has 1 aliphatic rings. The molecule has 0 radical (unpaired) electrons. The van der Waals surface area contributed by atoms with Crippen LogP contribution in [0.1, 0.15) is 32.7 Å². The number of hydrogen-bond donors (Lipinski definition) is 2. The zero-order chi connectivity index (χ0) is 18.1. The summed E-state index contributed by atoms with van der Waals surface area (Å²) in [5.41, 5.74) is 5.57. The van der Waals surface area contributed by atoms with Gasteiger partial charge in [-0.05, 0) is 30.9 Å². The molecule has 3 amide bonds. The summed E-state index contributed by atoms with van der Waals surface area (Å²) in [4.78, 5) is 40.8. The van der Waals surface area contributed by atoms with Crippen molar-refractivity contribution in [3.05, 3.63) is 34.6 Å². The Kier molecular flexibility index (Phi) is 4.80. The van der Waals surface area contributed by atoms with E-state index in [2.05, 4.69) is 10.3 Å². The minimum absolute atomic E-state index is 0.0691. The summed E-state index contributed by atoms with van der Waals surface area (Å²) in [6.45, 7) is 3.75. The number of thioether (sulfide) groups is 1. The largest absolute Gasteiger partial charge is 0.351 e. The quantitative estimate of drug-likeness (QED) is 0.627. The molecule has 3 N–H and O–H groups in total. The van der Waals surface area contributed by atoms with Gasteiger partial charge in [-0.25, -0.2) is 9.78 Å². The second kappa shape index (κ2) is 6.87. The Morgan fingerprint density at radius 2 is 2.00 bits per heavy atom. The lowest BCUT2D eigenvalue weighted by Gasteiger charge is -2.20. The normalized spacial score (nSPS) is 15.3. The van der Waals surface area contributed by atoms with Gasteiger partial charge >= 0.3 is 6.03 Å². The van der Waals surface area contributed by atoms with E-state index in [9.17, 15) is 14.4 Å². The topological polar surface area (TPSA) is 107 Å². The fraction of sp³-hybridized carbons (Fsp3) is 0.412. The highest BCUT2D eigenvalue weighted by Gasteiger charge is 2.32. The van der Waals surface area contributed by atoms with E-state index in [-0.39, 0.29) is 17.5 Å². The number of imide groups is 1. The van der Waals surface area contributed by atoms with E-state index in [4.69, 9.17) is 5.73 Å². The number of urea groups is 1. The molecule has 0 bridgehead atoms. The second-order valence-corrected chi connectivity index (χ2v) is 7.56. The van der Waals surface area contributed by atoms with Gasteiger partial charge in [0.1, 0.15) is 0 Å². The lowest BCUT2D eigenvalue weighted by Crippen LogP contribution is -2.42. The molecular weight excluding hydrogens is 340 g/mol. The van der Waals surface area contributed by atoms with Crippen LogP contribution in [-0.4, -0.2) is 26.7 Å². The van der Waals surface area contributed by atoms with Gasteiger partial charge in [0.15, 0.2) is 5.16 Å². The standard InChI is InChI=1S/C17H20N4O3S/c1-9(2)13(14(22)20-16(18)24)25-17-19-12-6-4-3-5-11(12)15(23)21(17)10-7-8-10/h3-6,9-10,13H,7-8H2,1-2H3,(H3,18,20,22,24). The van der Waals surface area contributed by atoms with E-state index in [1.165, 1.54) is 11.8 Å². The Morgan fingerprint density at radius 1 is 1.32 bits per heavy atom. The van der Waals surface area contributed by atoms with Crippen LogP contribution in [0.15, 0.2) is 34.2 Å². The number of nitrogens with zero attached hydrogens (tertiary/aromatic N) is 2. The third kappa shape index (κ3) is 3.68. The Bertz CT molecular complexity index is 889. The van der Waals surface area contributed by atoms with Crippen molar-refractivity contribution in [2.75, 3.05) is 0 Å². The average Bonchev–Trinajstić information content (AvgIpc) is 3.36. The number of nitrogens with one attached hydrogen (secondary N) is 1. The fourth-order valence-corrected chi connectivity index (χ4v) is 3.82. The molecule has 1 aromatic carbocycles. The maximum atomic E-state index is 12.9. The van der Waals surface area contributed by atoms with Crippen LogP contribution >= 0.6 is 11.8 Å². The first-order chi connectivity index (χ1) is 11.9. The monoisotopic (exact) mass is 360 g/mol. The van der Waals surface area contributed by atoms with Crippen LogP contribution in [0.5, 0.6) is 0 Å². The summed E-state index contributed by atoms with van der Waals surface area (Å²) in [6.07, 6.45) is 1.85. The number of carbonyl (C=O) groups excluding carboxylic acids is 2. The third-order valence-corrected chi connectivity index (χ3v) is 5.54. The zero-order valence-electron chi connectivity index (χ0n) is 14.1. The number of rotatable bonds is 5. The summed E-state index contributed by atoms with van der Waals surface area (Å²) in [7, 11) is 0. The SMILES string of the molecule is CC(C)C(Sc1nc2ccccc2c(=O)n1C1CC1)C(=O)NC(N)=O. The Balaban J connectivity index is 2.04. The maximum absolute atomic E-state index is 12.9. The second-order valence-electron chi connectivity index (χ2n) is 6.45. The molecule has 8 heteroatoms. The molecule has 0 aliphatic heterocycles. The van der Waals surface area contributed by atoms with Gasteiger partial charge in [-0.1, -0.05) is 37.7 Å². The van der Waals surface area contributed by atoms with Crippen molar-refractivity contribution in [3.8, 4) is 0 Å². The molecule has 1 unspecified atom stereocenters. The number of hydrogen-bond acceptors (Lipinski definition) is 5. The molecule has 1 fully saturated rings. The molecule has 7 nitrogen and oxygen atoms in total. The molecule has 1 aromatic heterocycles. The highest BCUT2D eigenvalue weighted by Crippen LogP contribution is 2.38. The van der Waals surface area contributed by atoms with Crippen molar-refractivity contribution in [3.63, 3.8) is 0 Å². The van der Waals surface area contributed by atoms with E-state index in [1.807, 2.05) is 26.0 Å². The molecule has 0 saturated heterocycles. The first kappa shape index (κ1) is 17.5. The molecule has 1 aliphatic carbocycles. The van der Waals surface area contributed by atoms with Crippen molar-refractivity contribution in [2.24, 2.45) is 11.7 Å². The van der Waals surface area contributed by atoms with Gasteiger partial charge in [-0.15, -0.1) is 0 Å². The first-order valence-corrected chi connectivity index (χ1v) is 9.04. The van der Waals surface area contributed by atoms with Crippen LogP contribution in [0.2, 0.25) is 0 Å². The van der Waals surface area contributed by atoms with Crippen LogP contribution in [0.4, 0.5) is 4.79 Å². The number of carbonyl (C=O) groups is 2. The highest BCUT2D eigenvalue weighted by atomic mass is 32.2. The first-order valence-electron chi connectivity index (χ1n) is 8.16. The van der Waals surface area contributed by atoms with Gasteiger partial charge in [-0.2, -0.15) is 0 Å². The molecule has 1 heterocycles. The minimum atomic E-state index is -0.887. The lowest BCUT2D eigenvalue weighted by molar-refractivity contribution is -0.120. The van der Waals surface area contributed by atoms with Crippen LogP contribution in [-0.2, 0) is 4.79 Å². The Morgan fingerprint density at radius 3 is 2.60 bits per heavy atom. The number of nitrogens with two attached hydrogens (primary N) is 1. The number of aromatic nitrogens is 2. The Labute approximate surface area is 149 Å². The fourth-order valence-electron chi connectivity index (χ4n) is 2.66. The summed E-state index contributed by atoms with van der Waals surface area (Å²) in [5.74, 6) is -0.544. The molecule has 0 spiro atoms. The number of fused-ring (bicyclic) bond motifs is 1. The van der Waals surface area contributed by atoms with Crippen LogP contribution < -0.4 is 16.6 Å². The van der Waals surface area contributed by atoms with E-state index in [0.29, 0.717) is 16.1 Å². The summed E-state index contributed by atoms with van der Waals surface area (Å²) < 4.78 is 1.68. The van der Waals surface area contributed by atoms with Crippen LogP contribution in [0, 0.1) is 5.92 Å².